The van der Waals surface area contributed by atoms with Gasteiger partial charge in [-0.1, -0.05) is 70.0 Å². The number of rotatable bonds is 2. The highest BCUT2D eigenvalue weighted by molar-refractivity contribution is 6.11. The van der Waals surface area contributed by atoms with Crippen molar-refractivity contribution in [3.63, 3.8) is 0 Å². The maximum Gasteiger partial charge on any atom is 0.165 e. The molecule has 190 valence electrons. The van der Waals surface area contributed by atoms with E-state index in [-0.39, 0.29) is 24.0 Å². The highest BCUT2D eigenvalue weighted by atomic mass is 16.7. The van der Waals surface area contributed by atoms with Crippen molar-refractivity contribution in [1.29, 1.82) is 0 Å². The molecule has 2 aliphatic heterocycles. The third-order valence-corrected chi connectivity index (χ3v) is 8.62. The first-order chi connectivity index (χ1) is 18.3. The predicted octanol–water partition coefficient (Wildman–Crippen LogP) is 7.68. The molecule has 0 spiro atoms. The summed E-state index contributed by atoms with van der Waals surface area (Å²) >= 11 is 0. The molecule has 1 aliphatic carbocycles. The van der Waals surface area contributed by atoms with Gasteiger partial charge >= 0.3 is 0 Å². The van der Waals surface area contributed by atoms with E-state index in [1.54, 1.807) is 0 Å². The summed E-state index contributed by atoms with van der Waals surface area (Å²) in [5, 5.41) is 12.0. The molecular formula is C34H32N2O2. The van der Waals surface area contributed by atoms with Crippen molar-refractivity contribution < 1.29 is 9.68 Å². The molecule has 0 radical (unpaired) electrons. The predicted molar refractivity (Wildman–Crippen MR) is 153 cm³/mol. The van der Waals surface area contributed by atoms with E-state index in [2.05, 4.69) is 102 Å². The van der Waals surface area contributed by atoms with Crippen molar-refractivity contribution >= 4 is 22.2 Å². The van der Waals surface area contributed by atoms with E-state index in [1.165, 1.54) is 66.4 Å². The van der Waals surface area contributed by atoms with Gasteiger partial charge in [0.2, 0.25) is 0 Å². The molecule has 4 aromatic rings. The van der Waals surface area contributed by atoms with Crippen LogP contribution in [0, 0.1) is 47.5 Å². The van der Waals surface area contributed by atoms with Crippen LogP contribution in [-0.2, 0) is 9.68 Å². The van der Waals surface area contributed by atoms with Crippen molar-refractivity contribution in [1.82, 2.24) is 0 Å². The van der Waals surface area contributed by atoms with E-state index < -0.39 is 0 Å². The maximum atomic E-state index is 6.43. The Morgan fingerprint density at radius 2 is 1.08 bits per heavy atom. The molecule has 0 aromatic heterocycles. The summed E-state index contributed by atoms with van der Waals surface area (Å²) in [6.07, 6.45) is -0.397. The van der Waals surface area contributed by atoms with E-state index in [9.17, 15) is 0 Å². The third kappa shape index (κ3) is 3.29. The largest absolute Gasteiger partial charge is 0.390 e. The smallest absolute Gasteiger partial charge is 0.165 e. The lowest BCUT2D eigenvalue weighted by Crippen LogP contribution is -2.41. The Bertz CT molecular complexity index is 1670. The van der Waals surface area contributed by atoms with E-state index in [0.29, 0.717) is 0 Å². The zero-order chi connectivity index (χ0) is 26.3. The van der Waals surface area contributed by atoms with Crippen molar-refractivity contribution in [3.05, 3.63) is 116 Å². The molecule has 7 rings (SSSR count). The van der Waals surface area contributed by atoms with E-state index in [1.807, 2.05) is 0 Å². The minimum Gasteiger partial charge on any atom is -0.390 e. The number of hydrogen-bond acceptors (Lipinski definition) is 4. The summed E-state index contributed by atoms with van der Waals surface area (Å²) in [6, 6.07) is 22.1. The molecule has 4 atom stereocenters. The van der Waals surface area contributed by atoms with Gasteiger partial charge in [0.15, 0.2) is 12.2 Å². The number of hydrogen-bond donors (Lipinski definition) is 0. The molecule has 4 heteroatoms. The lowest BCUT2D eigenvalue weighted by atomic mass is 9.67. The van der Waals surface area contributed by atoms with Gasteiger partial charge in [0.25, 0.3) is 0 Å². The van der Waals surface area contributed by atoms with Gasteiger partial charge in [-0.05, 0) is 92.3 Å². The van der Waals surface area contributed by atoms with Crippen LogP contribution in [0.3, 0.4) is 0 Å². The second-order valence-electron chi connectivity index (χ2n) is 11.4. The fourth-order valence-electron chi connectivity index (χ4n) is 7.32. The van der Waals surface area contributed by atoms with Crippen LogP contribution in [-0.4, -0.2) is 17.5 Å². The van der Waals surface area contributed by atoms with Crippen LogP contribution in [0.4, 0.5) is 0 Å². The summed E-state index contributed by atoms with van der Waals surface area (Å²) in [5.41, 5.74) is 14.2. The summed E-state index contributed by atoms with van der Waals surface area (Å²) in [7, 11) is 0. The quantitative estimate of drug-likeness (QED) is 0.283. The van der Waals surface area contributed by atoms with Gasteiger partial charge in [-0.3, -0.25) is 0 Å². The second kappa shape index (κ2) is 8.29. The Hall–Kier alpha value is -3.92. The van der Waals surface area contributed by atoms with Gasteiger partial charge in [0.05, 0.1) is 23.3 Å². The molecule has 3 aliphatic rings. The van der Waals surface area contributed by atoms with Gasteiger partial charge in [-0.2, -0.15) is 0 Å². The standard InChI is InChI=1S/C34H32N2O2/c1-17-11-19(3)27(20(4)12-17)31-29-25-15-23-9-7-8-10-24(23)16-26(25)33-30(34(29)38-35-31)32(36-37-33)28-21(5)13-18(2)14-22(28)6/h7-16,29-30,33-34H,1-6H3/t29-,30+,33+,34+/m0/s1. The van der Waals surface area contributed by atoms with Gasteiger partial charge in [-0.15, -0.1) is 0 Å². The van der Waals surface area contributed by atoms with Crippen LogP contribution < -0.4 is 0 Å². The summed E-state index contributed by atoms with van der Waals surface area (Å²) in [4.78, 5) is 12.7. The summed E-state index contributed by atoms with van der Waals surface area (Å²) in [5.74, 6) is -0.0602. The molecular weight excluding hydrogens is 468 g/mol. The third-order valence-electron chi connectivity index (χ3n) is 8.62. The summed E-state index contributed by atoms with van der Waals surface area (Å²) in [6.45, 7) is 13.0. The first-order valence-electron chi connectivity index (χ1n) is 13.5. The van der Waals surface area contributed by atoms with Crippen molar-refractivity contribution in [3.8, 4) is 0 Å². The molecule has 4 aromatic carbocycles. The topological polar surface area (TPSA) is 43.2 Å². The van der Waals surface area contributed by atoms with Crippen LogP contribution in [0.15, 0.2) is 71.0 Å². The van der Waals surface area contributed by atoms with Gasteiger partial charge in [-0.25, -0.2) is 0 Å². The van der Waals surface area contributed by atoms with Crippen molar-refractivity contribution in [2.75, 3.05) is 0 Å². The lowest BCUT2D eigenvalue weighted by molar-refractivity contribution is -0.0218. The van der Waals surface area contributed by atoms with Crippen LogP contribution in [0.2, 0.25) is 0 Å². The Kier molecular flexibility index (Phi) is 5.07. The fourth-order valence-corrected chi connectivity index (χ4v) is 7.32. The van der Waals surface area contributed by atoms with E-state index in [0.717, 1.165) is 11.4 Å². The van der Waals surface area contributed by atoms with Crippen molar-refractivity contribution in [2.24, 2.45) is 16.2 Å². The van der Waals surface area contributed by atoms with Gasteiger partial charge < -0.3 is 9.68 Å². The Labute approximate surface area is 224 Å². The van der Waals surface area contributed by atoms with Crippen LogP contribution in [0.5, 0.6) is 0 Å². The average Bonchev–Trinajstić information content (AvgIpc) is 3.47. The first-order valence-corrected chi connectivity index (χ1v) is 13.5. The lowest BCUT2D eigenvalue weighted by Gasteiger charge is -2.36. The monoisotopic (exact) mass is 500 g/mol. The molecule has 0 N–H and O–H groups in total. The Balaban J connectivity index is 1.45. The molecule has 0 saturated heterocycles. The molecule has 0 saturated carbocycles. The van der Waals surface area contributed by atoms with E-state index >= 15 is 0 Å². The molecule has 0 fully saturated rings. The Morgan fingerprint density at radius 3 is 1.66 bits per heavy atom. The number of oxime groups is 2. The van der Waals surface area contributed by atoms with E-state index in [4.69, 9.17) is 20.0 Å². The van der Waals surface area contributed by atoms with Crippen LogP contribution in [0.1, 0.15) is 67.7 Å². The van der Waals surface area contributed by atoms with Crippen LogP contribution in [0.25, 0.3) is 10.8 Å². The highest BCUT2D eigenvalue weighted by Crippen LogP contribution is 2.53. The minimum atomic E-state index is -0.208. The molecule has 0 unspecified atom stereocenters. The Morgan fingerprint density at radius 1 is 0.579 bits per heavy atom. The minimum absolute atomic E-state index is 0.00563. The zero-order valence-corrected chi connectivity index (χ0v) is 22.8. The number of fused-ring (bicyclic) bond motifs is 7. The SMILES string of the molecule is Cc1cc(C)c(C2=NO[C@@H]3c4cc5ccccc5cc4[C@H]4C(c5c(C)cc(C)cc5C)=NO[C@H]4[C@H]23)c(C)c1. The average molecular weight is 501 g/mol. The zero-order valence-electron chi connectivity index (χ0n) is 22.8. The number of nitrogens with zero attached hydrogens (tertiary/aromatic N) is 2. The molecule has 0 bridgehead atoms. The number of aryl methyl sites for hydroxylation is 6. The van der Waals surface area contributed by atoms with Crippen molar-refractivity contribution in [2.45, 2.75) is 59.7 Å². The van der Waals surface area contributed by atoms with Gasteiger partial charge in [0, 0.05) is 16.7 Å². The molecule has 4 nitrogen and oxygen atoms in total. The van der Waals surface area contributed by atoms with Gasteiger partial charge in [0.1, 0.15) is 0 Å². The van der Waals surface area contributed by atoms with Crippen LogP contribution >= 0.6 is 0 Å². The fraction of sp³-hybridized carbons (Fsp3) is 0.294. The maximum absolute atomic E-state index is 6.43. The highest BCUT2D eigenvalue weighted by Gasteiger charge is 2.56. The molecule has 2 heterocycles. The molecule has 38 heavy (non-hydrogen) atoms. The normalized spacial score (nSPS) is 23.2. The second-order valence-corrected chi connectivity index (χ2v) is 11.4. The summed E-state index contributed by atoms with van der Waals surface area (Å²) < 4.78 is 0. The first kappa shape index (κ1) is 23.2. The molecule has 0 amide bonds. The number of benzene rings is 4.